The molecule has 0 spiro atoms. The van der Waals surface area contributed by atoms with E-state index in [4.69, 9.17) is 0 Å². The van der Waals surface area contributed by atoms with Gasteiger partial charge in [-0.25, -0.2) is 8.42 Å². The molecule has 0 bridgehead atoms. The molecule has 0 unspecified atom stereocenters. The molecule has 1 aromatic carbocycles. The molecule has 1 aliphatic rings. The van der Waals surface area contributed by atoms with E-state index in [2.05, 4.69) is 0 Å². The Morgan fingerprint density at radius 3 is 2.70 bits per heavy atom. The van der Waals surface area contributed by atoms with Crippen LogP contribution in [-0.2, 0) is 14.8 Å². The molecule has 0 aliphatic carbocycles. The summed E-state index contributed by atoms with van der Waals surface area (Å²) in [5.74, 6) is -1.14. The van der Waals surface area contributed by atoms with Gasteiger partial charge in [0.25, 0.3) is 0 Å². The number of carboxylic acids is 1. The minimum atomic E-state index is -3.77. The van der Waals surface area contributed by atoms with Crippen LogP contribution in [0.4, 0.5) is 0 Å². The van der Waals surface area contributed by atoms with Crippen LogP contribution in [0.2, 0.25) is 0 Å². The monoisotopic (exact) mass is 341 g/mol. The number of aryl methyl sites for hydroxylation is 1. The van der Waals surface area contributed by atoms with Crippen LogP contribution < -0.4 is 0 Å². The molecule has 0 amide bonds. The fraction of sp³-hybridized carbons (Fsp3) is 0.562. The summed E-state index contributed by atoms with van der Waals surface area (Å²) in [5, 5.41) is 19.8. The van der Waals surface area contributed by atoms with Crippen molar-refractivity contribution in [3.05, 3.63) is 29.8 Å². The van der Waals surface area contributed by atoms with Gasteiger partial charge in [0.1, 0.15) is 5.41 Å². The molecule has 1 heterocycles. The first-order valence-corrected chi connectivity index (χ1v) is 9.16. The fourth-order valence-electron chi connectivity index (χ4n) is 3.18. The van der Waals surface area contributed by atoms with Crippen molar-refractivity contribution in [2.45, 2.75) is 44.1 Å². The molecule has 128 valence electrons. The molecule has 7 heteroatoms. The zero-order chi connectivity index (χ0) is 17.3. The summed E-state index contributed by atoms with van der Waals surface area (Å²) < 4.78 is 26.8. The molecular weight excluding hydrogens is 318 g/mol. The standard InChI is InChI=1S/C16H23NO5S/c1-3-8-16(15(19)20)11-17(9-7-14(16)18)23(21,22)13-6-4-5-12(2)10-13/h4-6,10,14,18H,3,7-9,11H2,1-2H3,(H,19,20)/t14-,16+/m1/s1. The summed E-state index contributed by atoms with van der Waals surface area (Å²) in [6.45, 7) is 3.55. The normalized spacial score (nSPS) is 26.1. The third-order valence-corrected chi connectivity index (χ3v) is 6.34. The summed E-state index contributed by atoms with van der Waals surface area (Å²) in [6, 6.07) is 6.55. The first-order valence-electron chi connectivity index (χ1n) is 7.72. The van der Waals surface area contributed by atoms with E-state index in [1.54, 1.807) is 25.1 Å². The van der Waals surface area contributed by atoms with Gasteiger partial charge in [0.15, 0.2) is 0 Å². The van der Waals surface area contributed by atoms with Gasteiger partial charge < -0.3 is 10.2 Å². The summed E-state index contributed by atoms with van der Waals surface area (Å²) in [7, 11) is -3.77. The third-order valence-electron chi connectivity index (χ3n) is 4.50. The van der Waals surface area contributed by atoms with E-state index in [1.165, 1.54) is 10.4 Å². The molecule has 2 rings (SSSR count). The van der Waals surface area contributed by atoms with Gasteiger partial charge in [-0.05, 0) is 37.5 Å². The summed E-state index contributed by atoms with van der Waals surface area (Å²) in [6.07, 6.45) is -0.119. The average Bonchev–Trinajstić information content (AvgIpc) is 2.49. The lowest BCUT2D eigenvalue weighted by Gasteiger charge is -2.42. The number of aliphatic hydroxyl groups is 1. The maximum atomic E-state index is 12.8. The van der Waals surface area contributed by atoms with Gasteiger partial charge in [0.2, 0.25) is 10.0 Å². The van der Waals surface area contributed by atoms with E-state index in [9.17, 15) is 23.4 Å². The molecule has 1 aromatic rings. The van der Waals surface area contributed by atoms with Gasteiger partial charge in [-0.15, -0.1) is 0 Å². The van der Waals surface area contributed by atoms with Crippen LogP contribution in [-0.4, -0.2) is 48.1 Å². The van der Waals surface area contributed by atoms with Crippen molar-refractivity contribution in [1.82, 2.24) is 4.31 Å². The van der Waals surface area contributed by atoms with E-state index in [1.807, 2.05) is 6.92 Å². The Kier molecular flexibility index (Phi) is 5.13. The maximum Gasteiger partial charge on any atom is 0.313 e. The second kappa shape index (κ2) is 6.59. The molecule has 0 radical (unpaired) electrons. The Balaban J connectivity index is 2.39. The van der Waals surface area contributed by atoms with Crippen molar-refractivity contribution in [3.8, 4) is 0 Å². The predicted molar refractivity (Wildman–Crippen MR) is 85.5 cm³/mol. The summed E-state index contributed by atoms with van der Waals surface area (Å²) in [5.41, 5.74) is -0.620. The average molecular weight is 341 g/mol. The molecule has 23 heavy (non-hydrogen) atoms. The van der Waals surface area contributed by atoms with Crippen molar-refractivity contribution in [1.29, 1.82) is 0 Å². The Hall–Kier alpha value is -1.44. The van der Waals surface area contributed by atoms with Crippen LogP contribution in [0.25, 0.3) is 0 Å². The molecule has 6 nitrogen and oxygen atoms in total. The molecule has 1 aliphatic heterocycles. The molecule has 0 saturated carbocycles. The van der Waals surface area contributed by atoms with E-state index >= 15 is 0 Å². The highest BCUT2D eigenvalue weighted by Crippen LogP contribution is 2.37. The highest BCUT2D eigenvalue weighted by atomic mass is 32.2. The zero-order valence-electron chi connectivity index (χ0n) is 13.4. The van der Waals surface area contributed by atoms with Gasteiger partial charge in [-0.1, -0.05) is 25.5 Å². The van der Waals surface area contributed by atoms with E-state index in [0.717, 1.165) is 5.56 Å². The van der Waals surface area contributed by atoms with Crippen LogP contribution in [0.3, 0.4) is 0 Å². The number of hydrogen-bond acceptors (Lipinski definition) is 4. The zero-order valence-corrected chi connectivity index (χ0v) is 14.2. The quantitative estimate of drug-likeness (QED) is 0.848. The van der Waals surface area contributed by atoms with E-state index in [0.29, 0.717) is 6.42 Å². The lowest BCUT2D eigenvalue weighted by Crippen LogP contribution is -2.57. The number of aliphatic carboxylic acids is 1. The van der Waals surface area contributed by atoms with Crippen molar-refractivity contribution < 1.29 is 23.4 Å². The first-order chi connectivity index (χ1) is 10.7. The topological polar surface area (TPSA) is 94.9 Å². The minimum absolute atomic E-state index is 0.121. The number of rotatable bonds is 5. The van der Waals surface area contributed by atoms with Crippen LogP contribution in [0, 0.1) is 12.3 Å². The number of aliphatic hydroxyl groups excluding tert-OH is 1. The van der Waals surface area contributed by atoms with Crippen LogP contribution in [0.15, 0.2) is 29.2 Å². The van der Waals surface area contributed by atoms with Crippen LogP contribution in [0.1, 0.15) is 31.7 Å². The third kappa shape index (κ3) is 3.27. The predicted octanol–water partition coefficient (Wildman–Crippen LogP) is 1.62. The molecule has 2 atom stereocenters. The summed E-state index contributed by atoms with van der Waals surface area (Å²) in [4.78, 5) is 11.9. The second-order valence-corrected chi connectivity index (χ2v) is 8.11. The molecule has 0 aromatic heterocycles. The molecule has 2 N–H and O–H groups in total. The highest BCUT2D eigenvalue weighted by Gasteiger charge is 2.50. The Bertz CT molecular complexity index is 687. The number of carbonyl (C=O) groups is 1. The molecule has 1 saturated heterocycles. The van der Waals surface area contributed by atoms with Crippen molar-refractivity contribution in [2.75, 3.05) is 13.1 Å². The number of hydrogen-bond donors (Lipinski definition) is 2. The van der Waals surface area contributed by atoms with Gasteiger partial charge in [-0.2, -0.15) is 4.31 Å². The van der Waals surface area contributed by atoms with Crippen LogP contribution in [0.5, 0.6) is 0 Å². The Morgan fingerprint density at radius 1 is 1.43 bits per heavy atom. The first kappa shape index (κ1) is 17.9. The van der Waals surface area contributed by atoms with Crippen LogP contribution >= 0.6 is 0 Å². The minimum Gasteiger partial charge on any atom is -0.481 e. The number of benzene rings is 1. The van der Waals surface area contributed by atoms with Crippen molar-refractivity contribution >= 4 is 16.0 Å². The van der Waals surface area contributed by atoms with Gasteiger partial charge in [0.05, 0.1) is 11.0 Å². The maximum absolute atomic E-state index is 12.8. The number of piperidine rings is 1. The SMILES string of the molecule is CCC[C@]1(C(=O)O)CN(S(=O)(=O)c2cccc(C)c2)CC[C@H]1O. The van der Waals surface area contributed by atoms with Crippen molar-refractivity contribution in [3.63, 3.8) is 0 Å². The fourth-order valence-corrected chi connectivity index (χ4v) is 4.81. The second-order valence-electron chi connectivity index (χ2n) is 6.17. The van der Waals surface area contributed by atoms with E-state index < -0.39 is 27.5 Å². The van der Waals surface area contributed by atoms with Gasteiger partial charge in [-0.3, -0.25) is 4.79 Å². The lowest BCUT2D eigenvalue weighted by molar-refractivity contribution is -0.161. The number of sulfonamides is 1. The van der Waals surface area contributed by atoms with Crippen molar-refractivity contribution in [2.24, 2.45) is 5.41 Å². The Morgan fingerprint density at radius 2 is 2.13 bits per heavy atom. The molecule has 1 fully saturated rings. The number of carboxylic acid groups (broad SMARTS) is 1. The van der Waals surface area contributed by atoms with Gasteiger partial charge >= 0.3 is 5.97 Å². The summed E-state index contributed by atoms with van der Waals surface area (Å²) >= 11 is 0. The number of nitrogens with zero attached hydrogens (tertiary/aromatic N) is 1. The Labute approximate surface area is 136 Å². The lowest BCUT2D eigenvalue weighted by atomic mass is 9.74. The highest BCUT2D eigenvalue weighted by molar-refractivity contribution is 7.89. The molecular formula is C16H23NO5S. The smallest absolute Gasteiger partial charge is 0.313 e. The largest absolute Gasteiger partial charge is 0.481 e. The van der Waals surface area contributed by atoms with Gasteiger partial charge in [0, 0.05) is 13.1 Å². The van der Waals surface area contributed by atoms with E-state index in [-0.39, 0.29) is 30.8 Å².